The van der Waals surface area contributed by atoms with E-state index in [0.717, 1.165) is 6.42 Å². The van der Waals surface area contributed by atoms with Crippen molar-refractivity contribution in [3.8, 4) is 0 Å². The molecule has 1 amide bonds. The molecule has 1 saturated heterocycles. The van der Waals surface area contributed by atoms with Gasteiger partial charge in [0.25, 0.3) is 15.9 Å². The summed E-state index contributed by atoms with van der Waals surface area (Å²) < 4.78 is 32.1. The summed E-state index contributed by atoms with van der Waals surface area (Å²) in [4.78, 5) is 19.6. The lowest BCUT2D eigenvalue weighted by molar-refractivity contribution is -0.124. The Hall–Kier alpha value is -2.52. The maximum atomic E-state index is 12.2. The molecule has 1 aliphatic rings. The topological polar surface area (TPSA) is 110 Å². The fourth-order valence-corrected chi connectivity index (χ4v) is 3.21. The van der Waals surface area contributed by atoms with Crippen molar-refractivity contribution in [2.45, 2.75) is 23.8 Å². The average molecular weight is 348 g/mol. The van der Waals surface area contributed by atoms with Crippen LogP contribution < -0.4 is 10.0 Å². The first-order chi connectivity index (χ1) is 11.5. The van der Waals surface area contributed by atoms with Crippen LogP contribution in [-0.2, 0) is 19.6 Å². The van der Waals surface area contributed by atoms with Crippen molar-refractivity contribution in [2.75, 3.05) is 16.6 Å². The highest BCUT2D eigenvalue weighted by Gasteiger charge is 2.23. The normalized spacial score (nSPS) is 17.4. The smallest absolute Gasteiger partial charge is 0.264 e. The number of carbonyl (C=O) groups excluding carboxylic acids is 1. The molecule has 2 N–H and O–H groups in total. The van der Waals surface area contributed by atoms with E-state index in [9.17, 15) is 13.2 Å². The number of amides is 1. The van der Waals surface area contributed by atoms with Crippen LogP contribution in [0.5, 0.6) is 0 Å². The highest BCUT2D eigenvalue weighted by molar-refractivity contribution is 7.92. The van der Waals surface area contributed by atoms with Gasteiger partial charge in [0.1, 0.15) is 6.10 Å². The third kappa shape index (κ3) is 3.87. The minimum absolute atomic E-state index is 0.00624. The summed E-state index contributed by atoms with van der Waals surface area (Å²) in [6.07, 6.45) is 4.00. The molecular weight excluding hydrogens is 332 g/mol. The largest absolute Gasteiger partial charge is 0.368 e. The number of sulfonamides is 1. The minimum atomic E-state index is -3.79. The third-order valence-corrected chi connectivity index (χ3v) is 4.79. The van der Waals surface area contributed by atoms with E-state index in [2.05, 4.69) is 20.0 Å². The Balaban J connectivity index is 1.68. The monoisotopic (exact) mass is 348 g/mol. The number of rotatable bonds is 5. The lowest BCUT2D eigenvalue weighted by atomic mass is 10.2. The van der Waals surface area contributed by atoms with Crippen molar-refractivity contribution in [3.05, 3.63) is 42.7 Å². The number of nitrogens with one attached hydrogen (secondary N) is 2. The summed E-state index contributed by atoms with van der Waals surface area (Å²) in [5.74, 6) is -0.229. The van der Waals surface area contributed by atoms with Crippen LogP contribution in [0.3, 0.4) is 0 Å². The predicted octanol–water partition coefficient (Wildman–Crippen LogP) is 1.39. The average Bonchev–Trinajstić information content (AvgIpc) is 3.10. The molecular formula is C15H16N4O4S. The van der Waals surface area contributed by atoms with Crippen LogP contribution >= 0.6 is 0 Å². The van der Waals surface area contributed by atoms with E-state index in [1.807, 2.05) is 0 Å². The number of aromatic nitrogens is 2. The van der Waals surface area contributed by atoms with Crippen LogP contribution in [0.2, 0.25) is 0 Å². The van der Waals surface area contributed by atoms with Gasteiger partial charge in [-0.2, -0.15) is 0 Å². The maximum Gasteiger partial charge on any atom is 0.264 e. The van der Waals surface area contributed by atoms with E-state index >= 15 is 0 Å². The minimum Gasteiger partial charge on any atom is -0.368 e. The first-order valence-electron chi connectivity index (χ1n) is 7.37. The van der Waals surface area contributed by atoms with Crippen LogP contribution in [0.25, 0.3) is 0 Å². The van der Waals surface area contributed by atoms with Gasteiger partial charge >= 0.3 is 0 Å². The van der Waals surface area contributed by atoms with Gasteiger partial charge in [0.15, 0.2) is 0 Å². The van der Waals surface area contributed by atoms with Crippen LogP contribution in [0.1, 0.15) is 12.8 Å². The van der Waals surface area contributed by atoms with Gasteiger partial charge in [-0.1, -0.05) is 0 Å². The Morgan fingerprint density at radius 3 is 2.50 bits per heavy atom. The van der Waals surface area contributed by atoms with Gasteiger partial charge in [-0.3, -0.25) is 4.79 Å². The number of anilines is 2. The Morgan fingerprint density at radius 1 is 1.17 bits per heavy atom. The van der Waals surface area contributed by atoms with Crippen molar-refractivity contribution in [1.29, 1.82) is 0 Å². The van der Waals surface area contributed by atoms with Crippen molar-refractivity contribution >= 4 is 27.6 Å². The summed E-state index contributed by atoms with van der Waals surface area (Å²) in [7, 11) is -3.79. The van der Waals surface area contributed by atoms with E-state index in [0.29, 0.717) is 18.7 Å². The molecule has 0 radical (unpaired) electrons. The van der Waals surface area contributed by atoms with E-state index in [-0.39, 0.29) is 16.8 Å². The summed E-state index contributed by atoms with van der Waals surface area (Å²) in [5, 5.41) is 2.71. The summed E-state index contributed by atoms with van der Waals surface area (Å²) in [5.41, 5.74) is 0.505. The fraction of sp³-hybridized carbons (Fsp3) is 0.267. The lowest BCUT2D eigenvalue weighted by Gasteiger charge is -2.11. The van der Waals surface area contributed by atoms with Crippen LogP contribution in [-0.4, -0.2) is 37.0 Å². The Labute approximate surface area is 139 Å². The number of ether oxygens (including phenoxy) is 1. The van der Waals surface area contributed by atoms with E-state index in [1.165, 1.54) is 36.7 Å². The standard InChI is InChI=1S/C15H16N4O4S/c20-14(13-3-1-10-23-13)18-11-4-6-12(7-5-11)24(21,22)19-15-16-8-2-9-17-15/h2,4-9,13H,1,3,10H2,(H,18,20)(H,16,17,19)/t13-/m0/s1. The molecule has 24 heavy (non-hydrogen) atoms. The third-order valence-electron chi connectivity index (χ3n) is 3.45. The molecule has 126 valence electrons. The molecule has 8 nitrogen and oxygen atoms in total. The lowest BCUT2D eigenvalue weighted by Crippen LogP contribution is -2.26. The van der Waals surface area contributed by atoms with E-state index in [4.69, 9.17) is 4.74 Å². The molecule has 1 atom stereocenters. The van der Waals surface area contributed by atoms with Gasteiger partial charge in [0.2, 0.25) is 5.95 Å². The maximum absolute atomic E-state index is 12.2. The number of hydrogen-bond donors (Lipinski definition) is 2. The Kier molecular flexibility index (Phi) is 4.72. The first kappa shape index (κ1) is 16.3. The highest BCUT2D eigenvalue weighted by atomic mass is 32.2. The summed E-state index contributed by atoms with van der Waals surface area (Å²) >= 11 is 0. The predicted molar refractivity (Wildman–Crippen MR) is 86.9 cm³/mol. The fourth-order valence-electron chi connectivity index (χ4n) is 2.26. The molecule has 9 heteroatoms. The molecule has 1 aromatic heterocycles. The molecule has 1 aliphatic heterocycles. The number of nitrogens with zero attached hydrogens (tertiary/aromatic N) is 2. The number of benzene rings is 1. The molecule has 0 bridgehead atoms. The molecule has 2 heterocycles. The van der Waals surface area contributed by atoms with Gasteiger partial charge in [0, 0.05) is 24.7 Å². The second kappa shape index (κ2) is 6.93. The van der Waals surface area contributed by atoms with Gasteiger partial charge < -0.3 is 10.1 Å². The number of carbonyl (C=O) groups is 1. The molecule has 0 aliphatic carbocycles. The Morgan fingerprint density at radius 2 is 1.88 bits per heavy atom. The van der Waals surface area contributed by atoms with Crippen molar-refractivity contribution < 1.29 is 17.9 Å². The summed E-state index contributed by atoms with van der Waals surface area (Å²) in [6.45, 7) is 0.586. The Bertz CT molecular complexity index is 803. The molecule has 2 aromatic rings. The molecule has 0 unspecified atom stereocenters. The van der Waals surface area contributed by atoms with Crippen molar-refractivity contribution in [1.82, 2.24) is 9.97 Å². The van der Waals surface area contributed by atoms with Crippen LogP contribution in [0, 0.1) is 0 Å². The van der Waals surface area contributed by atoms with Crippen molar-refractivity contribution in [2.24, 2.45) is 0 Å². The molecule has 0 spiro atoms. The van der Waals surface area contributed by atoms with Gasteiger partial charge in [0.05, 0.1) is 4.90 Å². The second-order valence-electron chi connectivity index (χ2n) is 5.19. The first-order valence-corrected chi connectivity index (χ1v) is 8.85. The van der Waals surface area contributed by atoms with Crippen molar-refractivity contribution in [3.63, 3.8) is 0 Å². The molecule has 1 aromatic carbocycles. The van der Waals surface area contributed by atoms with Gasteiger partial charge in [-0.15, -0.1) is 0 Å². The van der Waals surface area contributed by atoms with Gasteiger partial charge in [-0.25, -0.2) is 23.1 Å². The highest BCUT2D eigenvalue weighted by Crippen LogP contribution is 2.18. The zero-order valence-corrected chi connectivity index (χ0v) is 13.5. The van der Waals surface area contributed by atoms with Crippen LogP contribution in [0.15, 0.2) is 47.6 Å². The van der Waals surface area contributed by atoms with E-state index in [1.54, 1.807) is 6.07 Å². The van der Waals surface area contributed by atoms with E-state index < -0.39 is 16.1 Å². The van der Waals surface area contributed by atoms with Gasteiger partial charge in [-0.05, 0) is 43.2 Å². The SMILES string of the molecule is O=C(Nc1ccc(S(=O)(=O)Nc2ncccn2)cc1)[C@@H]1CCCO1. The zero-order valence-electron chi connectivity index (χ0n) is 12.7. The molecule has 0 saturated carbocycles. The molecule has 1 fully saturated rings. The summed E-state index contributed by atoms with van der Waals surface area (Å²) in [6, 6.07) is 7.43. The molecule has 3 rings (SSSR count). The zero-order chi connectivity index (χ0) is 17.0. The quantitative estimate of drug-likeness (QED) is 0.845. The van der Waals surface area contributed by atoms with Crippen LogP contribution in [0.4, 0.5) is 11.6 Å². The number of hydrogen-bond acceptors (Lipinski definition) is 6. The second-order valence-corrected chi connectivity index (χ2v) is 6.88.